The third kappa shape index (κ3) is 2.40. The monoisotopic (exact) mass is 292 g/mol. The molecule has 3 rings (SSSR count). The highest BCUT2D eigenvalue weighted by atomic mass is 35.5. The molecule has 1 saturated carbocycles. The number of fused-ring (bicyclic) bond motifs is 1. The first-order chi connectivity index (χ1) is 9.69. The van der Waals surface area contributed by atoms with Crippen LogP contribution in [0.25, 0.3) is 10.8 Å². The zero-order valence-corrected chi connectivity index (χ0v) is 12.4. The zero-order valence-electron chi connectivity index (χ0n) is 11.6. The van der Waals surface area contributed by atoms with Crippen molar-refractivity contribution in [1.29, 1.82) is 0 Å². The van der Waals surface area contributed by atoms with Gasteiger partial charge in [0.05, 0.1) is 18.9 Å². The Morgan fingerprint density at radius 2 is 1.80 bits per heavy atom. The minimum atomic E-state index is 0.274. The summed E-state index contributed by atoms with van der Waals surface area (Å²) in [4.78, 5) is 0. The average Bonchev–Trinajstić information content (AvgIpc) is 2.95. The number of hydrogen-bond donors (Lipinski definition) is 0. The molecule has 0 spiro atoms. The van der Waals surface area contributed by atoms with Crippen molar-refractivity contribution < 1.29 is 9.47 Å². The smallest absolute Gasteiger partial charge is 0.162 e. The van der Waals surface area contributed by atoms with Crippen molar-refractivity contribution in [2.75, 3.05) is 7.11 Å². The van der Waals surface area contributed by atoms with Gasteiger partial charge in [0.2, 0.25) is 0 Å². The van der Waals surface area contributed by atoms with Crippen LogP contribution in [0.5, 0.6) is 11.5 Å². The fourth-order valence-corrected chi connectivity index (χ4v) is 2.89. The molecule has 1 aromatic carbocycles. The van der Waals surface area contributed by atoms with Crippen LogP contribution in [0, 0.1) is 6.92 Å². The Balaban J connectivity index is 2.08. The quantitative estimate of drug-likeness (QED) is 0.860. The number of ether oxygens (including phenoxy) is 2. The van der Waals surface area contributed by atoms with Crippen molar-refractivity contribution in [1.82, 2.24) is 10.2 Å². The van der Waals surface area contributed by atoms with Crippen molar-refractivity contribution in [3.05, 3.63) is 23.0 Å². The highest BCUT2D eigenvalue weighted by Crippen LogP contribution is 2.37. The standard InChI is InChI=1S/C15H17ClN2O2/c1-9-11-7-13(19-2)14(20-10-5-3-4-6-10)8-12(11)15(16)18-17-9/h7-8,10H,3-6H2,1-2H3. The Bertz CT molecular complexity index is 639. The molecule has 1 aliphatic rings. The summed E-state index contributed by atoms with van der Waals surface area (Å²) < 4.78 is 11.5. The molecule has 2 aromatic rings. The van der Waals surface area contributed by atoms with Crippen molar-refractivity contribution in [3.63, 3.8) is 0 Å². The van der Waals surface area contributed by atoms with Crippen LogP contribution in [0.1, 0.15) is 31.4 Å². The van der Waals surface area contributed by atoms with E-state index in [2.05, 4.69) is 10.2 Å². The number of rotatable bonds is 3. The Labute approximate surface area is 123 Å². The van der Waals surface area contributed by atoms with Crippen LogP contribution in [-0.4, -0.2) is 23.4 Å². The van der Waals surface area contributed by atoms with Gasteiger partial charge in [0.25, 0.3) is 0 Å². The Morgan fingerprint density at radius 1 is 1.10 bits per heavy atom. The fraction of sp³-hybridized carbons (Fsp3) is 0.467. The molecule has 0 unspecified atom stereocenters. The highest BCUT2D eigenvalue weighted by molar-refractivity contribution is 6.34. The molecule has 1 aliphatic carbocycles. The summed E-state index contributed by atoms with van der Waals surface area (Å²) >= 11 is 6.14. The summed E-state index contributed by atoms with van der Waals surface area (Å²) in [6.07, 6.45) is 4.93. The van der Waals surface area contributed by atoms with Gasteiger partial charge in [0.1, 0.15) is 0 Å². The number of benzene rings is 1. The largest absolute Gasteiger partial charge is 0.493 e. The third-order valence-electron chi connectivity index (χ3n) is 3.80. The summed E-state index contributed by atoms with van der Waals surface area (Å²) in [5, 5.41) is 10.2. The number of halogens is 1. The van der Waals surface area contributed by atoms with E-state index in [9.17, 15) is 0 Å². The lowest BCUT2D eigenvalue weighted by atomic mass is 10.1. The summed E-state index contributed by atoms with van der Waals surface area (Å²) in [7, 11) is 1.65. The van der Waals surface area contributed by atoms with Crippen molar-refractivity contribution in [3.8, 4) is 11.5 Å². The number of aromatic nitrogens is 2. The molecule has 106 valence electrons. The molecule has 0 saturated heterocycles. The number of hydrogen-bond acceptors (Lipinski definition) is 4. The minimum absolute atomic E-state index is 0.274. The number of methoxy groups -OCH3 is 1. The summed E-state index contributed by atoms with van der Waals surface area (Å²) in [6, 6.07) is 3.84. The minimum Gasteiger partial charge on any atom is -0.493 e. The average molecular weight is 293 g/mol. The Morgan fingerprint density at radius 3 is 2.50 bits per heavy atom. The number of aryl methyl sites for hydroxylation is 1. The first-order valence-corrected chi connectivity index (χ1v) is 7.24. The first kappa shape index (κ1) is 13.4. The maximum absolute atomic E-state index is 6.14. The molecule has 1 fully saturated rings. The molecule has 0 N–H and O–H groups in total. The SMILES string of the molecule is COc1cc2c(C)nnc(Cl)c2cc1OC1CCCC1. The van der Waals surface area contributed by atoms with E-state index < -0.39 is 0 Å². The van der Waals surface area contributed by atoms with Crippen LogP contribution < -0.4 is 9.47 Å². The van der Waals surface area contributed by atoms with Crippen LogP contribution in [0.4, 0.5) is 0 Å². The van der Waals surface area contributed by atoms with Crippen LogP contribution in [0.2, 0.25) is 5.15 Å². The summed E-state index contributed by atoms with van der Waals surface area (Å²) in [5.41, 5.74) is 0.829. The first-order valence-electron chi connectivity index (χ1n) is 6.86. The topological polar surface area (TPSA) is 44.2 Å². The number of nitrogens with zero attached hydrogens (tertiary/aromatic N) is 2. The third-order valence-corrected chi connectivity index (χ3v) is 4.08. The molecule has 1 aromatic heterocycles. The molecular formula is C15H17ClN2O2. The fourth-order valence-electron chi connectivity index (χ4n) is 2.69. The molecule has 0 atom stereocenters. The molecule has 1 heterocycles. The zero-order chi connectivity index (χ0) is 14.1. The predicted molar refractivity (Wildman–Crippen MR) is 78.7 cm³/mol. The van der Waals surface area contributed by atoms with E-state index >= 15 is 0 Å². The van der Waals surface area contributed by atoms with Gasteiger partial charge in [-0.15, -0.1) is 5.10 Å². The van der Waals surface area contributed by atoms with Crippen LogP contribution in [0.3, 0.4) is 0 Å². The van der Waals surface area contributed by atoms with Crippen LogP contribution >= 0.6 is 11.6 Å². The van der Waals surface area contributed by atoms with E-state index in [0.29, 0.717) is 5.15 Å². The van der Waals surface area contributed by atoms with Gasteiger partial charge in [0.15, 0.2) is 16.7 Å². The predicted octanol–water partition coefficient (Wildman–Crippen LogP) is 3.92. The molecule has 0 radical (unpaired) electrons. The van der Waals surface area contributed by atoms with E-state index in [1.807, 2.05) is 19.1 Å². The van der Waals surface area contributed by atoms with Crippen LogP contribution in [0.15, 0.2) is 12.1 Å². The van der Waals surface area contributed by atoms with Gasteiger partial charge in [-0.25, -0.2) is 0 Å². The highest BCUT2D eigenvalue weighted by Gasteiger charge is 2.19. The lowest BCUT2D eigenvalue weighted by Gasteiger charge is -2.17. The van der Waals surface area contributed by atoms with Gasteiger partial charge < -0.3 is 9.47 Å². The molecule has 4 nitrogen and oxygen atoms in total. The van der Waals surface area contributed by atoms with Crippen molar-refractivity contribution >= 4 is 22.4 Å². The van der Waals surface area contributed by atoms with Gasteiger partial charge >= 0.3 is 0 Å². The van der Waals surface area contributed by atoms with Gasteiger partial charge in [0, 0.05) is 10.8 Å². The second kappa shape index (κ2) is 5.44. The molecule has 5 heteroatoms. The summed E-state index contributed by atoms with van der Waals surface area (Å²) in [5.74, 6) is 1.46. The second-order valence-electron chi connectivity index (χ2n) is 5.15. The van der Waals surface area contributed by atoms with Crippen molar-refractivity contribution in [2.24, 2.45) is 0 Å². The normalized spacial score (nSPS) is 15.8. The lowest BCUT2D eigenvalue weighted by Crippen LogP contribution is -2.11. The van der Waals surface area contributed by atoms with Gasteiger partial charge in [-0.1, -0.05) is 11.6 Å². The van der Waals surface area contributed by atoms with E-state index in [1.165, 1.54) is 12.8 Å². The van der Waals surface area contributed by atoms with Gasteiger partial charge in [-0.3, -0.25) is 0 Å². The maximum Gasteiger partial charge on any atom is 0.162 e. The van der Waals surface area contributed by atoms with Crippen LogP contribution in [-0.2, 0) is 0 Å². The Hall–Kier alpha value is -1.55. The molecule has 0 aliphatic heterocycles. The summed E-state index contributed by atoms with van der Waals surface area (Å²) in [6.45, 7) is 1.91. The Kier molecular flexibility index (Phi) is 3.66. The molecule has 0 bridgehead atoms. The van der Waals surface area contributed by atoms with Gasteiger partial charge in [-0.2, -0.15) is 5.10 Å². The lowest BCUT2D eigenvalue weighted by molar-refractivity contribution is 0.201. The maximum atomic E-state index is 6.14. The van der Waals surface area contributed by atoms with E-state index in [0.717, 1.165) is 40.8 Å². The van der Waals surface area contributed by atoms with Crippen molar-refractivity contribution in [2.45, 2.75) is 38.7 Å². The molecule has 20 heavy (non-hydrogen) atoms. The van der Waals surface area contributed by atoms with E-state index in [4.69, 9.17) is 21.1 Å². The van der Waals surface area contributed by atoms with Gasteiger partial charge in [-0.05, 0) is 44.7 Å². The second-order valence-corrected chi connectivity index (χ2v) is 5.51. The molecular weight excluding hydrogens is 276 g/mol. The van der Waals surface area contributed by atoms with E-state index in [1.54, 1.807) is 7.11 Å². The van der Waals surface area contributed by atoms with E-state index in [-0.39, 0.29) is 6.10 Å². The molecule has 0 amide bonds.